The van der Waals surface area contributed by atoms with Crippen molar-refractivity contribution in [2.45, 2.75) is 13.1 Å². The normalized spacial score (nSPS) is 14.2. The molecule has 1 aliphatic heterocycles. The summed E-state index contributed by atoms with van der Waals surface area (Å²) in [5.74, 6) is -0.198. The molecule has 0 fully saturated rings. The summed E-state index contributed by atoms with van der Waals surface area (Å²) in [7, 11) is 0. The average Bonchev–Trinajstić information content (AvgIpc) is 3.13. The SMILES string of the molecule is N#Cc1ccc(-c2ccc(CN3CCOc4nc([N+](=O)[O-])cn4CC3)cn2)cc1. The maximum atomic E-state index is 10.9. The zero-order valence-corrected chi connectivity index (χ0v) is 15.6. The van der Waals surface area contributed by atoms with Crippen LogP contribution in [0.25, 0.3) is 11.3 Å². The first kappa shape index (κ1) is 18.6. The monoisotopic (exact) mass is 390 g/mol. The van der Waals surface area contributed by atoms with Crippen LogP contribution in [-0.4, -0.2) is 44.1 Å². The summed E-state index contributed by atoms with van der Waals surface area (Å²) in [6, 6.07) is 13.7. The third-order valence-electron chi connectivity index (χ3n) is 4.75. The van der Waals surface area contributed by atoms with Gasteiger partial charge in [-0.15, -0.1) is 0 Å². The van der Waals surface area contributed by atoms with E-state index in [1.807, 2.05) is 30.5 Å². The minimum Gasteiger partial charge on any atom is -0.444 e. The molecular formula is C20H18N6O3. The van der Waals surface area contributed by atoms with E-state index in [0.29, 0.717) is 37.8 Å². The van der Waals surface area contributed by atoms with E-state index >= 15 is 0 Å². The lowest BCUT2D eigenvalue weighted by Crippen LogP contribution is -2.33. The van der Waals surface area contributed by atoms with Crippen molar-refractivity contribution in [3.05, 3.63) is 70.0 Å². The fourth-order valence-corrected chi connectivity index (χ4v) is 3.20. The number of hydrogen-bond acceptors (Lipinski definition) is 7. The van der Waals surface area contributed by atoms with Crippen LogP contribution in [0.2, 0.25) is 0 Å². The third-order valence-corrected chi connectivity index (χ3v) is 4.75. The number of ether oxygens (including phenoxy) is 1. The van der Waals surface area contributed by atoms with E-state index < -0.39 is 4.92 Å². The molecule has 3 aromatic rings. The van der Waals surface area contributed by atoms with Crippen molar-refractivity contribution in [3.63, 3.8) is 0 Å². The zero-order chi connectivity index (χ0) is 20.2. The van der Waals surface area contributed by atoms with Gasteiger partial charge in [-0.1, -0.05) is 18.2 Å². The second-order valence-electron chi connectivity index (χ2n) is 6.70. The van der Waals surface area contributed by atoms with Gasteiger partial charge in [0.1, 0.15) is 12.8 Å². The smallest absolute Gasteiger partial charge is 0.414 e. The van der Waals surface area contributed by atoms with Crippen LogP contribution < -0.4 is 4.74 Å². The average molecular weight is 390 g/mol. The molecule has 3 heterocycles. The van der Waals surface area contributed by atoms with Gasteiger partial charge < -0.3 is 14.9 Å². The van der Waals surface area contributed by atoms with Crippen molar-refractivity contribution >= 4 is 5.82 Å². The molecule has 0 radical (unpaired) electrons. The summed E-state index contributed by atoms with van der Waals surface area (Å²) in [4.78, 5) is 21.0. The lowest BCUT2D eigenvalue weighted by molar-refractivity contribution is -0.389. The Kier molecular flexibility index (Phi) is 5.18. The molecule has 0 amide bonds. The van der Waals surface area contributed by atoms with Crippen molar-refractivity contribution < 1.29 is 9.66 Å². The van der Waals surface area contributed by atoms with Crippen LogP contribution >= 0.6 is 0 Å². The predicted molar refractivity (Wildman–Crippen MR) is 104 cm³/mol. The van der Waals surface area contributed by atoms with Gasteiger partial charge >= 0.3 is 11.8 Å². The summed E-state index contributed by atoms with van der Waals surface area (Å²) < 4.78 is 7.27. The van der Waals surface area contributed by atoms with Crippen molar-refractivity contribution in [2.75, 3.05) is 19.7 Å². The highest BCUT2D eigenvalue weighted by Gasteiger charge is 2.22. The first-order valence-corrected chi connectivity index (χ1v) is 9.14. The highest BCUT2D eigenvalue weighted by Crippen LogP contribution is 2.20. The molecule has 9 heteroatoms. The Morgan fingerprint density at radius 2 is 2.00 bits per heavy atom. The molecule has 4 rings (SSSR count). The van der Waals surface area contributed by atoms with Gasteiger partial charge in [-0.25, -0.2) is 0 Å². The van der Waals surface area contributed by atoms with E-state index in [9.17, 15) is 10.1 Å². The fraction of sp³-hybridized carbons (Fsp3) is 0.250. The van der Waals surface area contributed by atoms with E-state index in [-0.39, 0.29) is 5.82 Å². The Balaban J connectivity index is 1.41. The molecule has 29 heavy (non-hydrogen) atoms. The number of benzene rings is 1. The highest BCUT2D eigenvalue weighted by atomic mass is 16.6. The van der Waals surface area contributed by atoms with Crippen molar-refractivity contribution in [3.8, 4) is 23.3 Å². The summed E-state index contributed by atoms with van der Waals surface area (Å²) in [6.45, 7) is 3.09. The lowest BCUT2D eigenvalue weighted by Gasteiger charge is -2.24. The number of nitro groups is 1. The quantitative estimate of drug-likeness (QED) is 0.497. The van der Waals surface area contributed by atoms with E-state index in [2.05, 4.69) is 20.9 Å². The van der Waals surface area contributed by atoms with Gasteiger partial charge in [-0.2, -0.15) is 5.26 Å². The zero-order valence-electron chi connectivity index (χ0n) is 15.6. The second-order valence-corrected chi connectivity index (χ2v) is 6.70. The molecule has 0 bridgehead atoms. The molecule has 9 nitrogen and oxygen atoms in total. The van der Waals surface area contributed by atoms with Crippen molar-refractivity contribution in [1.82, 2.24) is 19.4 Å². The van der Waals surface area contributed by atoms with Gasteiger partial charge in [0.25, 0.3) is 0 Å². The molecule has 1 aromatic carbocycles. The van der Waals surface area contributed by atoms with Gasteiger partial charge in [0.2, 0.25) is 0 Å². The maximum absolute atomic E-state index is 10.9. The van der Waals surface area contributed by atoms with Crippen LogP contribution in [0.15, 0.2) is 48.8 Å². The highest BCUT2D eigenvalue weighted by molar-refractivity contribution is 5.60. The van der Waals surface area contributed by atoms with Crippen LogP contribution in [0.5, 0.6) is 6.01 Å². The number of imidazole rings is 1. The first-order chi connectivity index (χ1) is 14.1. The fourth-order valence-electron chi connectivity index (χ4n) is 3.20. The third kappa shape index (κ3) is 4.23. The number of pyridine rings is 1. The summed E-state index contributed by atoms with van der Waals surface area (Å²) in [6.07, 6.45) is 3.26. The second kappa shape index (κ2) is 8.08. The largest absolute Gasteiger partial charge is 0.444 e. The molecule has 0 unspecified atom stereocenters. The van der Waals surface area contributed by atoms with Crippen LogP contribution in [0.3, 0.4) is 0 Å². The predicted octanol–water partition coefficient (Wildman–Crippen LogP) is 2.62. The van der Waals surface area contributed by atoms with Crippen molar-refractivity contribution in [2.24, 2.45) is 0 Å². The van der Waals surface area contributed by atoms with Gasteiger partial charge in [0.05, 0.1) is 17.3 Å². The van der Waals surface area contributed by atoms with Gasteiger partial charge in [0, 0.05) is 42.9 Å². The summed E-state index contributed by atoms with van der Waals surface area (Å²) >= 11 is 0. The van der Waals surface area contributed by atoms with Gasteiger partial charge in [-0.3, -0.25) is 14.5 Å². The standard InChI is InChI=1S/C20H18N6O3/c21-11-15-1-4-17(5-2-15)18-6-3-16(12-22-18)13-24-7-8-25-14-19(26(27)28)23-20(25)29-10-9-24/h1-6,12,14H,7-10,13H2. The van der Waals surface area contributed by atoms with Crippen molar-refractivity contribution in [1.29, 1.82) is 5.26 Å². The van der Waals surface area contributed by atoms with Crippen LogP contribution in [0, 0.1) is 21.4 Å². The van der Waals surface area contributed by atoms with Crippen LogP contribution in [0.1, 0.15) is 11.1 Å². The lowest BCUT2D eigenvalue weighted by atomic mass is 10.1. The van der Waals surface area contributed by atoms with Crippen LogP contribution in [0.4, 0.5) is 5.82 Å². The van der Waals surface area contributed by atoms with Gasteiger partial charge in [-0.05, 0) is 28.7 Å². The molecule has 0 aliphatic carbocycles. The Hall–Kier alpha value is -3.77. The molecule has 0 saturated carbocycles. The number of aromatic nitrogens is 3. The molecule has 0 spiro atoms. The molecule has 146 valence electrons. The number of fused-ring (bicyclic) bond motifs is 1. The number of nitriles is 1. The molecule has 2 aromatic heterocycles. The molecular weight excluding hydrogens is 372 g/mol. The van der Waals surface area contributed by atoms with E-state index in [4.69, 9.17) is 10.00 Å². The maximum Gasteiger partial charge on any atom is 0.414 e. The number of nitrogens with zero attached hydrogens (tertiary/aromatic N) is 6. The summed E-state index contributed by atoms with van der Waals surface area (Å²) in [5, 5.41) is 19.8. The first-order valence-electron chi connectivity index (χ1n) is 9.14. The Labute approximate surface area is 167 Å². The Morgan fingerprint density at radius 3 is 2.69 bits per heavy atom. The topological polar surface area (TPSA) is 110 Å². The Bertz CT molecular complexity index is 1050. The number of hydrogen-bond donors (Lipinski definition) is 0. The minimum absolute atomic E-state index is 0.198. The van der Waals surface area contributed by atoms with Crippen LogP contribution in [-0.2, 0) is 13.1 Å². The van der Waals surface area contributed by atoms with E-state index in [1.165, 1.54) is 6.20 Å². The van der Waals surface area contributed by atoms with E-state index in [1.54, 1.807) is 16.7 Å². The molecule has 0 atom stereocenters. The minimum atomic E-state index is -0.514. The number of rotatable bonds is 4. The van der Waals surface area contributed by atoms with E-state index in [0.717, 1.165) is 23.4 Å². The summed E-state index contributed by atoms with van der Waals surface area (Å²) in [5.41, 5.74) is 3.50. The van der Waals surface area contributed by atoms with Gasteiger partial charge in [0.15, 0.2) is 0 Å². The molecule has 0 N–H and O–H groups in total. The Morgan fingerprint density at radius 1 is 1.17 bits per heavy atom. The molecule has 0 saturated heterocycles. The molecule has 1 aliphatic rings.